The summed E-state index contributed by atoms with van der Waals surface area (Å²) in [6.07, 6.45) is 1.13. The highest BCUT2D eigenvalue weighted by molar-refractivity contribution is 5.85. The first-order valence-electron chi connectivity index (χ1n) is 4.41. The number of halogens is 2. The molecule has 84 valence electrons. The Kier molecular flexibility index (Phi) is 6.75. The van der Waals surface area contributed by atoms with Gasteiger partial charge in [-0.2, -0.15) is 0 Å². The minimum atomic E-state index is 0. The maximum absolute atomic E-state index is 12.2. The zero-order chi connectivity index (χ0) is 10.4. The fourth-order valence-corrected chi connectivity index (χ4v) is 1.16. The van der Waals surface area contributed by atoms with Crippen LogP contribution < -0.4 is 10.5 Å². The minimum absolute atomic E-state index is 0. The molecular formula is C11H15ClFNO. The van der Waals surface area contributed by atoms with E-state index >= 15 is 0 Å². The lowest BCUT2D eigenvalue weighted by Crippen LogP contribution is -2.05. The van der Waals surface area contributed by atoms with Crippen molar-refractivity contribution in [2.75, 3.05) is 13.7 Å². The standard InChI is InChI=1S/C11H14FNO.ClH/c1-14-11-4-2-9(3-5-11)6-10(7-12)8-13;/h2-5,7H,6,8,13H2,1H3;1H. The molecule has 0 aliphatic heterocycles. The first-order chi connectivity index (χ1) is 6.80. The van der Waals surface area contributed by atoms with E-state index in [1.54, 1.807) is 7.11 Å². The highest BCUT2D eigenvalue weighted by Gasteiger charge is 1.98. The lowest BCUT2D eigenvalue weighted by atomic mass is 10.1. The quantitative estimate of drug-likeness (QED) is 0.864. The van der Waals surface area contributed by atoms with Crippen LogP contribution in [0.3, 0.4) is 0 Å². The maximum Gasteiger partial charge on any atom is 0.118 e. The molecule has 0 radical (unpaired) electrons. The molecule has 2 N–H and O–H groups in total. The molecule has 0 fully saturated rings. The van der Waals surface area contributed by atoms with Crippen LogP contribution in [-0.4, -0.2) is 13.7 Å². The van der Waals surface area contributed by atoms with E-state index in [9.17, 15) is 4.39 Å². The predicted molar refractivity (Wildman–Crippen MR) is 62.2 cm³/mol. The Bertz CT molecular complexity index is 311. The Hall–Kier alpha value is -1.06. The van der Waals surface area contributed by atoms with Gasteiger partial charge in [0, 0.05) is 6.54 Å². The third-order valence-corrected chi connectivity index (χ3v) is 2.01. The fraction of sp³-hybridized carbons (Fsp3) is 0.273. The lowest BCUT2D eigenvalue weighted by Gasteiger charge is -2.04. The van der Waals surface area contributed by atoms with Crippen molar-refractivity contribution < 1.29 is 9.13 Å². The molecule has 1 aromatic rings. The molecule has 0 bridgehead atoms. The SMILES string of the molecule is COc1ccc(CC(=CF)CN)cc1.Cl. The molecule has 15 heavy (non-hydrogen) atoms. The Morgan fingerprint density at radius 3 is 2.40 bits per heavy atom. The van der Waals surface area contributed by atoms with Crippen molar-refractivity contribution in [3.8, 4) is 5.75 Å². The molecule has 0 heterocycles. The van der Waals surface area contributed by atoms with E-state index in [1.807, 2.05) is 24.3 Å². The molecule has 0 unspecified atom stereocenters. The van der Waals surface area contributed by atoms with Crippen molar-refractivity contribution in [1.82, 2.24) is 0 Å². The Morgan fingerprint density at radius 2 is 2.00 bits per heavy atom. The largest absolute Gasteiger partial charge is 0.497 e. The average Bonchev–Trinajstić information content (AvgIpc) is 2.26. The molecule has 1 aromatic carbocycles. The highest BCUT2D eigenvalue weighted by Crippen LogP contribution is 2.14. The van der Waals surface area contributed by atoms with E-state index in [1.165, 1.54) is 0 Å². The lowest BCUT2D eigenvalue weighted by molar-refractivity contribution is 0.414. The molecular weight excluding hydrogens is 217 g/mol. The summed E-state index contributed by atoms with van der Waals surface area (Å²) in [5, 5.41) is 0. The van der Waals surface area contributed by atoms with Gasteiger partial charge in [0.05, 0.1) is 13.4 Å². The smallest absolute Gasteiger partial charge is 0.118 e. The van der Waals surface area contributed by atoms with Crippen LogP contribution >= 0.6 is 12.4 Å². The van der Waals surface area contributed by atoms with Gasteiger partial charge in [0.1, 0.15) is 5.75 Å². The average molecular weight is 232 g/mol. The van der Waals surface area contributed by atoms with Gasteiger partial charge in [0.15, 0.2) is 0 Å². The zero-order valence-corrected chi connectivity index (χ0v) is 9.39. The second-order valence-corrected chi connectivity index (χ2v) is 3.00. The normalized spacial score (nSPS) is 10.7. The first-order valence-corrected chi connectivity index (χ1v) is 4.41. The van der Waals surface area contributed by atoms with Gasteiger partial charge in [0.2, 0.25) is 0 Å². The first kappa shape index (κ1) is 13.9. The van der Waals surface area contributed by atoms with Gasteiger partial charge in [-0.05, 0) is 29.7 Å². The molecule has 0 aliphatic rings. The van der Waals surface area contributed by atoms with Gasteiger partial charge in [0.25, 0.3) is 0 Å². The summed E-state index contributed by atoms with van der Waals surface area (Å²) in [5.41, 5.74) is 6.97. The van der Waals surface area contributed by atoms with Crippen LogP contribution in [0.5, 0.6) is 5.75 Å². The van der Waals surface area contributed by atoms with Crippen LogP contribution in [0.1, 0.15) is 5.56 Å². The van der Waals surface area contributed by atoms with Crippen LogP contribution in [0.15, 0.2) is 36.2 Å². The number of hydrogen-bond donors (Lipinski definition) is 1. The summed E-state index contributed by atoms with van der Waals surface area (Å²) in [5.74, 6) is 0.798. The molecule has 2 nitrogen and oxygen atoms in total. The molecule has 0 atom stereocenters. The van der Waals surface area contributed by atoms with Gasteiger partial charge < -0.3 is 10.5 Å². The summed E-state index contributed by atoms with van der Waals surface area (Å²) in [6, 6.07) is 7.50. The monoisotopic (exact) mass is 231 g/mol. The molecule has 0 saturated heterocycles. The van der Waals surface area contributed by atoms with E-state index in [0.717, 1.165) is 11.3 Å². The van der Waals surface area contributed by atoms with Crippen LogP contribution in [0.4, 0.5) is 4.39 Å². The summed E-state index contributed by atoms with van der Waals surface area (Å²) in [6.45, 7) is 0.253. The van der Waals surface area contributed by atoms with E-state index in [-0.39, 0.29) is 19.0 Å². The van der Waals surface area contributed by atoms with Crippen molar-refractivity contribution in [2.45, 2.75) is 6.42 Å². The van der Waals surface area contributed by atoms with Crippen LogP contribution in [-0.2, 0) is 6.42 Å². The van der Waals surface area contributed by atoms with Crippen molar-refractivity contribution in [2.24, 2.45) is 5.73 Å². The molecule has 0 spiro atoms. The second kappa shape index (κ2) is 7.26. The van der Waals surface area contributed by atoms with Crippen LogP contribution in [0.25, 0.3) is 0 Å². The topological polar surface area (TPSA) is 35.2 Å². The van der Waals surface area contributed by atoms with Crippen molar-refractivity contribution in [1.29, 1.82) is 0 Å². The van der Waals surface area contributed by atoms with E-state index in [0.29, 0.717) is 18.3 Å². The Balaban J connectivity index is 0.00000196. The number of rotatable bonds is 4. The molecule has 4 heteroatoms. The number of hydrogen-bond acceptors (Lipinski definition) is 2. The summed E-state index contributed by atoms with van der Waals surface area (Å²) in [4.78, 5) is 0. The summed E-state index contributed by atoms with van der Waals surface area (Å²) >= 11 is 0. The third-order valence-electron chi connectivity index (χ3n) is 2.01. The zero-order valence-electron chi connectivity index (χ0n) is 8.57. The van der Waals surface area contributed by atoms with Crippen molar-refractivity contribution >= 4 is 12.4 Å². The number of ether oxygens (including phenoxy) is 1. The van der Waals surface area contributed by atoms with E-state index in [4.69, 9.17) is 10.5 Å². The summed E-state index contributed by atoms with van der Waals surface area (Å²) < 4.78 is 17.2. The van der Waals surface area contributed by atoms with Crippen LogP contribution in [0, 0.1) is 0 Å². The fourth-order valence-electron chi connectivity index (χ4n) is 1.16. The van der Waals surface area contributed by atoms with Crippen molar-refractivity contribution in [3.63, 3.8) is 0 Å². The maximum atomic E-state index is 12.2. The van der Waals surface area contributed by atoms with Gasteiger partial charge in [-0.15, -0.1) is 12.4 Å². The second-order valence-electron chi connectivity index (χ2n) is 3.00. The van der Waals surface area contributed by atoms with E-state index in [2.05, 4.69) is 0 Å². The van der Waals surface area contributed by atoms with Gasteiger partial charge >= 0.3 is 0 Å². The Morgan fingerprint density at radius 1 is 1.40 bits per heavy atom. The minimum Gasteiger partial charge on any atom is -0.497 e. The third kappa shape index (κ3) is 4.32. The Labute approximate surface area is 95.3 Å². The molecule has 0 aliphatic carbocycles. The number of nitrogens with two attached hydrogens (primary N) is 1. The molecule has 0 amide bonds. The summed E-state index contributed by atoms with van der Waals surface area (Å²) in [7, 11) is 1.61. The van der Waals surface area contributed by atoms with Crippen molar-refractivity contribution in [3.05, 3.63) is 41.7 Å². The van der Waals surface area contributed by atoms with Gasteiger partial charge in [-0.3, -0.25) is 0 Å². The van der Waals surface area contributed by atoms with Crippen LogP contribution in [0.2, 0.25) is 0 Å². The molecule has 1 rings (SSSR count). The predicted octanol–water partition coefficient (Wildman–Crippen LogP) is 2.47. The molecule has 0 aromatic heterocycles. The van der Waals surface area contributed by atoms with E-state index < -0.39 is 0 Å². The van der Waals surface area contributed by atoms with Gasteiger partial charge in [-0.25, -0.2) is 4.39 Å². The number of methoxy groups -OCH3 is 1. The number of benzene rings is 1. The molecule has 0 saturated carbocycles. The van der Waals surface area contributed by atoms with Gasteiger partial charge in [-0.1, -0.05) is 12.1 Å². The highest BCUT2D eigenvalue weighted by atomic mass is 35.5.